The van der Waals surface area contributed by atoms with Crippen LogP contribution >= 0.6 is 11.6 Å². The van der Waals surface area contributed by atoms with Crippen LogP contribution in [0.4, 0.5) is 4.39 Å². The van der Waals surface area contributed by atoms with Crippen molar-refractivity contribution < 1.29 is 14.3 Å². The van der Waals surface area contributed by atoms with Gasteiger partial charge >= 0.3 is 0 Å². The molecule has 0 radical (unpaired) electrons. The summed E-state index contributed by atoms with van der Waals surface area (Å²) in [6, 6.07) is 9.09. The van der Waals surface area contributed by atoms with Gasteiger partial charge in [-0.2, -0.15) is 0 Å². The van der Waals surface area contributed by atoms with Crippen molar-refractivity contribution in [3.8, 4) is 0 Å². The average Bonchev–Trinajstić information content (AvgIpc) is 2.47. The molecule has 2 rings (SSSR count). The number of nitrogens with one attached hydrogen (secondary N) is 1. The normalized spacial score (nSPS) is 12.0. The Morgan fingerprint density at radius 1 is 1.43 bits per heavy atom. The third kappa shape index (κ3) is 4.00. The van der Waals surface area contributed by atoms with Crippen molar-refractivity contribution in [3.05, 3.63) is 64.2 Å². The van der Waals surface area contributed by atoms with Crippen LogP contribution in [0.25, 0.3) is 0 Å². The molecule has 0 fully saturated rings. The Balaban J connectivity index is 1.99. The van der Waals surface area contributed by atoms with Gasteiger partial charge in [0.15, 0.2) is 0 Å². The number of hydrogen-bond donors (Lipinski definition) is 2. The molecule has 1 aromatic carbocycles. The number of hydrogen-bond acceptors (Lipinski definition) is 3. The van der Waals surface area contributed by atoms with E-state index in [0.717, 1.165) is 11.8 Å². The number of benzene rings is 1. The first-order valence-corrected chi connectivity index (χ1v) is 6.70. The van der Waals surface area contributed by atoms with Crippen molar-refractivity contribution in [1.82, 2.24) is 10.3 Å². The van der Waals surface area contributed by atoms with Gasteiger partial charge < -0.3 is 10.4 Å². The summed E-state index contributed by atoms with van der Waals surface area (Å²) >= 11 is 5.57. The molecule has 0 bridgehead atoms. The molecule has 2 N–H and O–H groups in total. The molecule has 4 nitrogen and oxygen atoms in total. The summed E-state index contributed by atoms with van der Waals surface area (Å²) in [6.45, 7) is 1.73. The second kappa shape index (κ2) is 6.65. The SMILES string of the molecule is Cc1cccc(C(=O)NCC(O)c2ccc(Cl)c(F)c2)n1. The molecule has 21 heavy (non-hydrogen) atoms. The minimum atomic E-state index is -1.02. The van der Waals surface area contributed by atoms with Gasteiger partial charge in [0.05, 0.1) is 11.1 Å². The number of aliphatic hydroxyl groups is 1. The molecule has 0 spiro atoms. The summed E-state index contributed by atoms with van der Waals surface area (Å²) in [5.41, 5.74) is 1.34. The minimum Gasteiger partial charge on any atom is -0.387 e. The van der Waals surface area contributed by atoms with E-state index in [4.69, 9.17) is 11.6 Å². The average molecular weight is 309 g/mol. The molecular weight excluding hydrogens is 295 g/mol. The lowest BCUT2D eigenvalue weighted by Crippen LogP contribution is -2.29. The standard InChI is InChI=1S/C15H14ClFN2O2/c1-9-3-2-4-13(19-9)15(21)18-8-14(20)10-5-6-11(16)12(17)7-10/h2-7,14,20H,8H2,1H3,(H,18,21). The highest BCUT2D eigenvalue weighted by Crippen LogP contribution is 2.19. The molecular formula is C15H14ClFN2O2. The Bertz CT molecular complexity index is 664. The smallest absolute Gasteiger partial charge is 0.269 e. The van der Waals surface area contributed by atoms with E-state index in [1.807, 2.05) is 0 Å². The monoisotopic (exact) mass is 308 g/mol. The van der Waals surface area contributed by atoms with E-state index in [2.05, 4.69) is 10.3 Å². The van der Waals surface area contributed by atoms with E-state index in [0.29, 0.717) is 5.56 Å². The zero-order chi connectivity index (χ0) is 15.4. The number of carbonyl (C=O) groups is 1. The fourth-order valence-electron chi connectivity index (χ4n) is 1.79. The van der Waals surface area contributed by atoms with Crippen LogP contribution in [0.1, 0.15) is 27.8 Å². The molecule has 0 saturated heterocycles. The Morgan fingerprint density at radius 3 is 2.86 bits per heavy atom. The second-order valence-electron chi connectivity index (χ2n) is 4.56. The second-order valence-corrected chi connectivity index (χ2v) is 4.97. The largest absolute Gasteiger partial charge is 0.387 e. The van der Waals surface area contributed by atoms with Crippen LogP contribution < -0.4 is 5.32 Å². The number of aromatic nitrogens is 1. The van der Waals surface area contributed by atoms with Crippen LogP contribution in [-0.2, 0) is 0 Å². The van der Waals surface area contributed by atoms with Gasteiger partial charge in [-0.05, 0) is 36.8 Å². The maximum absolute atomic E-state index is 13.3. The molecule has 0 aliphatic rings. The highest BCUT2D eigenvalue weighted by molar-refractivity contribution is 6.30. The number of pyridine rings is 1. The molecule has 1 unspecified atom stereocenters. The van der Waals surface area contributed by atoms with Gasteiger partial charge in [0.1, 0.15) is 11.5 Å². The Kier molecular flexibility index (Phi) is 4.88. The van der Waals surface area contributed by atoms with Gasteiger partial charge in [-0.1, -0.05) is 23.7 Å². The van der Waals surface area contributed by atoms with Crippen LogP contribution in [-0.4, -0.2) is 22.5 Å². The maximum Gasteiger partial charge on any atom is 0.269 e. The number of aryl methyl sites for hydroxylation is 1. The summed E-state index contributed by atoms with van der Waals surface area (Å²) < 4.78 is 13.3. The first-order valence-electron chi connectivity index (χ1n) is 6.32. The lowest BCUT2D eigenvalue weighted by molar-refractivity contribution is 0.0911. The summed E-state index contributed by atoms with van der Waals surface area (Å²) in [6.07, 6.45) is -1.02. The van der Waals surface area contributed by atoms with E-state index in [9.17, 15) is 14.3 Å². The summed E-state index contributed by atoms with van der Waals surface area (Å²) in [5.74, 6) is -1.01. The van der Waals surface area contributed by atoms with Gasteiger partial charge in [0.25, 0.3) is 5.91 Å². The number of carbonyl (C=O) groups excluding carboxylic acids is 1. The summed E-state index contributed by atoms with van der Waals surface area (Å²) in [4.78, 5) is 16.0. The molecule has 1 atom stereocenters. The molecule has 1 amide bonds. The molecule has 6 heteroatoms. The van der Waals surface area contributed by atoms with Crippen molar-refractivity contribution >= 4 is 17.5 Å². The third-order valence-electron chi connectivity index (χ3n) is 2.91. The topological polar surface area (TPSA) is 62.2 Å². The van der Waals surface area contributed by atoms with E-state index < -0.39 is 17.8 Å². The zero-order valence-corrected chi connectivity index (χ0v) is 12.1. The molecule has 2 aromatic rings. The predicted molar refractivity (Wildman–Crippen MR) is 77.7 cm³/mol. The maximum atomic E-state index is 13.3. The zero-order valence-electron chi connectivity index (χ0n) is 11.3. The number of amides is 1. The summed E-state index contributed by atoms with van der Waals surface area (Å²) in [7, 11) is 0. The van der Waals surface area contributed by atoms with E-state index in [1.165, 1.54) is 12.1 Å². The van der Waals surface area contributed by atoms with Crippen molar-refractivity contribution in [2.24, 2.45) is 0 Å². The highest BCUT2D eigenvalue weighted by atomic mass is 35.5. The number of aliphatic hydroxyl groups excluding tert-OH is 1. The van der Waals surface area contributed by atoms with Crippen molar-refractivity contribution in [3.63, 3.8) is 0 Å². The van der Waals surface area contributed by atoms with Gasteiger partial charge in [-0.25, -0.2) is 9.37 Å². The Hall–Kier alpha value is -1.98. The van der Waals surface area contributed by atoms with E-state index in [1.54, 1.807) is 25.1 Å². The minimum absolute atomic E-state index is 0.0149. The van der Waals surface area contributed by atoms with Crippen LogP contribution in [0.15, 0.2) is 36.4 Å². The highest BCUT2D eigenvalue weighted by Gasteiger charge is 2.13. The summed E-state index contributed by atoms with van der Waals surface area (Å²) in [5, 5.41) is 12.5. The first kappa shape index (κ1) is 15.4. The third-order valence-corrected chi connectivity index (χ3v) is 3.21. The van der Waals surface area contributed by atoms with Gasteiger partial charge in [0, 0.05) is 12.2 Å². The van der Waals surface area contributed by atoms with E-state index in [-0.39, 0.29) is 17.3 Å². The molecule has 0 aliphatic carbocycles. The first-order chi connectivity index (χ1) is 9.97. The number of halogens is 2. The predicted octanol–water partition coefficient (Wildman–Crippen LogP) is 2.65. The van der Waals surface area contributed by atoms with Crippen LogP contribution in [0.5, 0.6) is 0 Å². The number of nitrogens with zero attached hydrogens (tertiary/aromatic N) is 1. The van der Waals surface area contributed by atoms with Gasteiger partial charge in [0.2, 0.25) is 0 Å². The Morgan fingerprint density at radius 2 is 2.19 bits per heavy atom. The van der Waals surface area contributed by atoms with Gasteiger partial charge in [-0.15, -0.1) is 0 Å². The van der Waals surface area contributed by atoms with Gasteiger partial charge in [-0.3, -0.25) is 4.79 Å². The fraction of sp³-hybridized carbons (Fsp3) is 0.200. The van der Waals surface area contributed by atoms with Crippen LogP contribution in [0.2, 0.25) is 5.02 Å². The quantitative estimate of drug-likeness (QED) is 0.913. The fourth-order valence-corrected chi connectivity index (χ4v) is 1.90. The lowest BCUT2D eigenvalue weighted by Gasteiger charge is -2.12. The molecule has 1 heterocycles. The lowest BCUT2D eigenvalue weighted by atomic mass is 10.1. The molecule has 0 aliphatic heterocycles. The van der Waals surface area contributed by atoms with Crippen molar-refractivity contribution in [2.45, 2.75) is 13.0 Å². The van der Waals surface area contributed by atoms with Crippen LogP contribution in [0, 0.1) is 12.7 Å². The van der Waals surface area contributed by atoms with Crippen LogP contribution in [0.3, 0.4) is 0 Å². The van der Waals surface area contributed by atoms with E-state index >= 15 is 0 Å². The number of rotatable bonds is 4. The van der Waals surface area contributed by atoms with Crippen molar-refractivity contribution in [1.29, 1.82) is 0 Å². The van der Waals surface area contributed by atoms with Crippen molar-refractivity contribution in [2.75, 3.05) is 6.54 Å². The molecule has 1 aromatic heterocycles. The Labute approximate surface area is 126 Å². The molecule has 0 saturated carbocycles. The molecule has 110 valence electrons.